The molecule has 3 heterocycles. The number of nitriles is 1. The van der Waals surface area contributed by atoms with Crippen LogP contribution in [0.5, 0.6) is 5.75 Å². The molecule has 0 spiro atoms. The van der Waals surface area contributed by atoms with Crippen LogP contribution in [-0.2, 0) is 9.59 Å². The van der Waals surface area contributed by atoms with Crippen LogP contribution in [0.4, 0.5) is 0 Å². The van der Waals surface area contributed by atoms with E-state index in [1.54, 1.807) is 18.1 Å². The highest BCUT2D eigenvalue weighted by atomic mass is 16.5. The van der Waals surface area contributed by atoms with Crippen LogP contribution in [0, 0.1) is 17.2 Å². The molecule has 1 unspecified atom stereocenters. The number of fused-ring (bicyclic) bond motifs is 1. The maximum atomic E-state index is 14.0. The predicted molar refractivity (Wildman–Crippen MR) is 154 cm³/mol. The Morgan fingerprint density at radius 2 is 2.00 bits per heavy atom. The summed E-state index contributed by atoms with van der Waals surface area (Å²) >= 11 is 0. The van der Waals surface area contributed by atoms with E-state index >= 15 is 0 Å². The second-order valence-electron chi connectivity index (χ2n) is 10.7. The molecule has 0 bridgehead atoms. The van der Waals surface area contributed by atoms with Crippen LogP contribution in [0.1, 0.15) is 48.2 Å². The second-order valence-corrected chi connectivity index (χ2v) is 10.7. The van der Waals surface area contributed by atoms with Crippen LogP contribution in [0.25, 0.3) is 10.9 Å². The van der Waals surface area contributed by atoms with Gasteiger partial charge < -0.3 is 30.6 Å². The predicted octanol–water partition coefficient (Wildman–Crippen LogP) is 2.69. The van der Waals surface area contributed by atoms with Crippen LogP contribution < -0.4 is 20.7 Å². The molecular formula is C31H36N6O4. The van der Waals surface area contributed by atoms with Crippen molar-refractivity contribution in [3.63, 3.8) is 0 Å². The number of carbonyl (C=O) groups is 3. The largest absolute Gasteiger partial charge is 0.496 e. The third-order valence-electron chi connectivity index (χ3n) is 8.20. The number of hydrogen-bond donors (Lipinski definition) is 4. The van der Waals surface area contributed by atoms with Gasteiger partial charge in [0, 0.05) is 35.8 Å². The average molecular weight is 557 g/mol. The molecule has 10 nitrogen and oxygen atoms in total. The lowest BCUT2D eigenvalue weighted by Crippen LogP contribution is -2.55. The molecule has 3 amide bonds. The minimum Gasteiger partial charge on any atom is -0.496 e. The first-order chi connectivity index (χ1) is 19.9. The van der Waals surface area contributed by atoms with Crippen molar-refractivity contribution in [2.75, 3.05) is 26.7 Å². The van der Waals surface area contributed by atoms with Gasteiger partial charge in [-0.05, 0) is 49.6 Å². The number of amides is 3. The summed E-state index contributed by atoms with van der Waals surface area (Å²) in [5.74, 6) is -0.332. The van der Waals surface area contributed by atoms with Crippen molar-refractivity contribution in [1.29, 1.82) is 5.26 Å². The molecule has 2 saturated heterocycles. The summed E-state index contributed by atoms with van der Waals surface area (Å²) in [6, 6.07) is 17.4. The third kappa shape index (κ3) is 5.91. The third-order valence-corrected chi connectivity index (χ3v) is 8.20. The highest BCUT2D eigenvalue weighted by molar-refractivity contribution is 6.02. The van der Waals surface area contributed by atoms with E-state index in [9.17, 15) is 19.6 Å². The summed E-state index contributed by atoms with van der Waals surface area (Å²) in [5.41, 5.74) is 2.20. The van der Waals surface area contributed by atoms with Gasteiger partial charge in [-0.15, -0.1) is 0 Å². The lowest BCUT2D eigenvalue weighted by molar-refractivity contribution is -0.127. The quantitative estimate of drug-likeness (QED) is 0.303. The van der Waals surface area contributed by atoms with Gasteiger partial charge in [-0.1, -0.05) is 43.3 Å². The molecule has 41 heavy (non-hydrogen) atoms. The zero-order valence-electron chi connectivity index (χ0n) is 23.4. The Labute approximate surface area is 239 Å². The molecule has 3 aromatic rings. The molecule has 5 rings (SSSR count). The van der Waals surface area contributed by atoms with Crippen LogP contribution in [0.15, 0.2) is 54.6 Å². The Kier molecular flexibility index (Phi) is 8.55. The van der Waals surface area contributed by atoms with E-state index < -0.39 is 18.1 Å². The number of aromatic amines is 1. The molecule has 2 aromatic carbocycles. The number of nitrogens with zero attached hydrogens (tertiary/aromatic N) is 2. The van der Waals surface area contributed by atoms with Crippen LogP contribution >= 0.6 is 0 Å². The number of H-pyrrole nitrogens is 1. The fourth-order valence-electron chi connectivity index (χ4n) is 6.08. The number of aromatic nitrogens is 1. The summed E-state index contributed by atoms with van der Waals surface area (Å²) < 4.78 is 5.47. The summed E-state index contributed by atoms with van der Waals surface area (Å²) in [7, 11) is 1.59. The SMILES string of the molecule is CCNC(C#N)[C@H](C[C@@H]1CCNC1=O)NC(=O)[C@@H]1C[C@@H](c2ccccc2)CN1C(=O)c1cc2c(OC)cccc2[nH]1. The van der Waals surface area contributed by atoms with Crippen LogP contribution in [0.2, 0.25) is 0 Å². The highest BCUT2D eigenvalue weighted by Gasteiger charge is 2.42. The number of benzene rings is 2. The smallest absolute Gasteiger partial charge is 0.271 e. The molecule has 0 radical (unpaired) electrons. The molecule has 0 aliphatic carbocycles. The highest BCUT2D eigenvalue weighted by Crippen LogP contribution is 2.34. The van der Waals surface area contributed by atoms with Crippen LogP contribution in [0.3, 0.4) is 0 Å². The molecule has 10 heteroatoms. The van der Waals surface area contributed by atoms with Gasteiger partial charge in [0.2, 0.25) is 11.8 Å². The maximum Gasteiger partial charge on any atom is 0.271 e. The molecule has 4 N–H and O–H groups in total. The molecule has 2 fully saturated rings. The Morgan fingerprint density at radius 3 is 2.68 bits per heavy atom. The van der Waals surface area contributed by atoms with Gasteiger partial charge in [0.05, 0.1) is 19.2 Å². The van der Waals surface area contributed by atoms with E-state index in [1.807, 2.05) is 55.5 Å². The van der Waals surface area contributed by atoms with E-state index in [-0.39, 0.29) is 29.6 Å². The van der Waals surface area contributed by atoms with Gasteiger partial charge in [0.25, 0.3) is 5.91 Å². The van der Waals surface area contributed by atoms with Gasteiger partial charge in [-0.25, -0.2) is 0 Å². The van der Waals surface area contributed by atoms with E-state index in [1.165, 1.54) is 0 Å². The fraction of sp³-hybridized carbons (Fsp3) is 0.419. The van der Waals surface area contributed by atoms with Gasteiger partial charge in [-0.3, -0.25) is 14.4 Å². The van der Waals surface area contributed by atoms with Gasteiger partial charge >= 0.3 is 0 Å². The lowest BCUT2D eigenvalue weighted by atomic mass is 9.93. The van der Waals surface area contributed by atoms with Crippen molar-refractivity contribution >= 4 is 28.6 Å². The van der Waals surface area contributed by atoms with E-state index in [0.717, 1.165) is 16.5 Å². The normalized spacial score (nSPS) is 21.7. The van der Waals surface area contributed by atoms with Gasteiger partial charge in [-0.2, -0.15) is 5.26 Å². The van der Waals surface area contributed by atoms with Gasteiger partial charge in [0.1, 0.15) is 23.5 Å². The standard InChI is InChI=1S/C31H36N6O4/c1-3-33-26(17-32)24(14-20-12-13-34-29(20)38)36-30(39)27-15-21(19-8-5-4-6-9-19)18-37(27)31(40)25-16-22-23(35-25)10-7-11-28(22)41-2/h4-11,16,20-21,24,26-27,33,35H,3,12-15,18H2,1-2H3,(H,34,38)(H,36,39)/t20-,21+,24-,26?,27-/m0/s1. The average Bonchev–Trinajstić information content (AvgIpc) is 3.74. The molecule has 2 aliphatic rings. The Bertz CT molecular complexity index is 1450. The summed E-state index contributed by atoms with van der Waals surface area (Å²) in [6.45, 7) is 3.39. The molecular weight excluding hydrogens is 520 g/mol. The van der Waals surface area contributed by atoms with Crippen molar-refractivity contribution in [3.8, 4) is 11.8 Å². The second kappa shape index (κ2) is 12.4. The van der Waals surface area contributed by atoms with E-state index in [0.29, 0.717) is 50.3 Å². The van der Waals surface area contributed by atoms with Crippen molar-refractivity contribution in [2.24, 2.45) is 5.92 Å². The fourth-order valence-corrected chi connectivity index (χ4v) is 6.08. The van der Waals surface area contributed by atoms with E-state index in [2.05, 4.69) is 27.0 Å². The van der Waals surface area contributed by atoms with Crippen molar-refractivity contribution in [3.05, 3.63) is 65.9 Å². The molecule has 0 saturated carbocycles. The Hall–Kier alpha value is -4.36. The number of methoxy groups -OCH3 is 1. The lowest BCUT2D eigenvalue weighted by Gasteiger charge is -2.29. The summed E-state index contributed by atoms with van der Waals surface area (Å²) in [5, 5.41) is 19.7. The van der Waals surface area contributed by atoms with Crippen molar-refractivity contribution < 1.29 is 19.1 Å². The van der Waals surface area contributed by atoms with Crippen LogP contribution in [-0.4, -0.2) is 72.5 Å². The monoisotopic (exact) mass is 556 g/mol. The minimum atomic E-state index is -0.748. The Balaban J connectivity index is 1.43. The number of rotatable bonds is 10. The zero-order valence-corrected chi connectivity index (χ0v) is 23.4. The number of likely N-dealkylation sites (N-methyl/N-ethyl adjacent to an activating group) is 1. The molecule has 5 atom stereocenters. The topological polar surface area (TPSA) is 139 Å². The van der Waals surface area contributed by atoms with E-state index in [4.69, 9.17) is 4.74 Å². The summed E-state index contributed by atoms with van der Waals surface area (Å²) in [4.78, 5) is 45.1. The molecule has 2 aliphatic heterocycles. The number of carbonyl (C=O) groups excluding carboxylic acids is 3. The minimum absolute atomic E-state index is 0.0330. The maximum absolute atomic E-state index is 14.0. The van der Waals surface area contributed by atoms with Gasteiger partial charge in [0.15, 0.2) is 0 Å². The number of likely N-dealkylation sites (tertiary alicyclic amines) is 1. The number of nitrogens with one attached hydrogen (secondary N) is 4. The first-order valence-corrected chi connectivity index (χ1v) is 14.2. The first-order valence-electron chi connectivity index (χ1n) is 14.2. The number of ether oxygens (including phenoxy) is 1. The Morgan fingerprint density at radius 1 is 1.20 bits per heavy atom. The zero-order chi connectivity index (χ0) is 28.9. The van der Waals surface area contributed by atoms with Crippen molar-refractivity contribution in [2.45, 2.75) is 50.2 Å². The number of hydrogen-bond acceptors (Lipinski definition) is 6. The molecule has 214 valence electrons. The summed E-state index contributed by atoms with van der Waals surface area (Å²) in [6.07, 6.45) is 1.44. The molecule has 1 aromatic heterocycles. The van der Waals surface area contributed by atoms with Crippen molar-refractivity contribution in [1.82, 2.24) is 25.8 Å². The first kappa shape index (κ1) is 28.2.